The zero-order chi connectivity index (χ0) is 18.7. The van der Waals surface area contributed by atoms with Gasteiger partial charge < -0.3 is 35.4 Å². The Morgan fingerprint density at radius 3 is 2.04 bits per heavy atom. The van der Waals surface area contributed by atoms with Crippen LogP contribution in [0.5, 0.6) is 0 Å². The van der Waals surface area contributed by atoms with E-state index in [9.17, 15) is 9.59 Å². The lowest BCUT2D eigenvalue weighted by Crippen LogP contribution is -2.46. The molecule has 24 heavy (non-hydrogen) atoms. The third kappa shape index (κ3) is 7.97. The van der Waals surface area contributed by atoms with Crippen molar-refractivity contribution < 1.29 is 45.4 Å². The van der Waals surface area contributed by atoms with Crippen LogP contribution in [0.2, 0.25) is 0 Å². The molecule has 0 aliphatic rings. The summed E-state index contributed by atoms with van der Waals surface area (Å²) in [6, 6.07) is 8.49. The number of aldehydes is 1. The van der Waals surface area contributed by atoms with Crippen molar-refractivity contribution in [2.24, 2.45) is 0 Å². The molecule has 0 saturated carbocycles. The minimum Gasteiger partial charge on any atom is -0.480 e. The second-order valence-electron chi connectivity index (χ2n) is 4.64. The largest absolute Gasteiger partial charge is 0.480 e. The van der Waals surface area contributed by atoms with E-state index in [-0.39, 0.29) is 6.29 Å². The lowest BCUT2D eigenvalue weighted by atomic mass is 10.0. The number of aliphatic hydroxyl groups excluding tert-OH is 5. The zero-order valence-electron chi connectivity index (χ0n) is 12.6. The Morgan fingerprint density at radius 2 is 1.62 bits per heavy atom. The van der Waals surface area contributed by atoms with E-state index in [2.05, 4.69) is 0 Å². The highest BCUT2D eigenvalue weighted by atomic mass is 16.5. The number of hydrogen-bond donors (Lipinski definition) is 7. The lowest BCUT2D eigenvalue weighted by molar-refractivity contribution is -0.137. The monoisotopic (exact) mass is 347 g/mol. The van der Waals surface area contributed by atoms with Crippen LogP contribution >= 0.6 is 0 Å². The Hall–Kier alpha value is -2.08. The van der Waals surface area contributed by atoms with Crippen molar-refractivity contribution in [1.82, 2.24) is 0 Å². The van der Waals surface area contributed by atoms with Gasteiger partial charge in [-0.05, 0) is 12.1 Å². The van der Waals surface area contributed by atoms with Gasteiger partial charge in [0.2, 0.25) is 0 Å². The normalized spacial score (nSPS) is 15.2. The summed E-state index contributed by atoms with van der Waals surface area (Å²) in [7, 11) is 0. The molecule has 0 aliphatic heterocycles. The van der Waals surface area contributed by atoms with Crippen LogP contribution in [0.15, 0.2) is 30.3 Å². The number of anilines is 1. The van der Waals surface area contributed by atoms with Gasteiger partial charge in [0, 0.05) is 0 Å². The molecule has 7 N–H and O–H groups in total. The number of benzene rings is 1. The number of hydroxylamine groups is 1. The van der Waals surface area contributed by atoms with Crippen molar-refractivity contribution in [1.29, 1.82) is 0 Å². The molecule has 1 aromatic rings. The number of aliphatic carboxylic acids is 1. The molecule has 4 atom stereocenters. The SMILES string of the molecule is O=C(O)CN(O)c1ccccc1.O=C[C@@H](O)[C@@H](O)[C@H](O)[C@H](O)CO. The molecule has 0 fully saturated rings. The molecule has 0 amide bonds. The molecule has 10 nitrogen and oxygen atoms in total. The highest BCUT2D eigenvalue weighted by molar-refractivity contribution is 5.72. The molecule has 0 saturated heterocycles. The summed E-state index contributed by atoms with van der Waals surface area (Å²) in [5.41, 5.74) is 0.472. The first kappa shape index (κ1) is 21.9. The van der Waals surface area contributed by atoms with Gasteiger partial charge in [0.25, 0.3) is 0 Å². The maximum Gasteiger partial charge on any atom is 0.325 e. The fraction of sp³-hybridized carbons (Fsp3) is 0.429. The van der Waals surface area contributed by atoms with Gasteiger partial charge >= 0.3 is 5.97 Å². The van der Waals surface area contributed by atoms with Crippen molar-refractivity contribution in [2.45, 2.75) is 24.4 Å². The van der Waals surface area contributed by atoms with E-state index in [1.807, 2.05) is 0 Å². The summed E-state index contributed by atoms with van der Waals surface area (Å²) in [6.07, 6.45) is -6.84. The van der Waals surface area contributed by atoms with Crippen LogP contribution in [0.25, 0.3) is 0 Å². The van der Waals surface area contributed by atoms with E-state index < -0.39 is 43.5 Å². The van der Waals surface area contributed by atoms with E-state index in [0.29, 0.717) is 10.8 Å². The number of carboxylic acid groups (broad SMARTS) is 1. The maximum atomic E-state index is 10.2. The molecular formula is C14H21NO9. The van der Waals surface area contributed by atoms with Crippen LogP contribution in [-0.4, -0.2) is 85.7 Å². The number of rotatable bonds is 8. The number of hydrogen-bond acceptors (Lipinski definition) is 9. The molecule has 0 radical (unpaired) electrons. The molecular weight excluding hydrogens is 326 g/mol. The van der Waals surface area contributed by atoms with Gasteiger partial charge in [-0.1, -0.05) is 18.2 Å². The number of carbonyl (C=O) groups is 2. The molecule has 0 unspecified atom stereocenters. The number of para-hydroxylation sites is 1. The quantitative estimate of drug-likeness (QED) is 0.198. The first-order chi connectivity index (χ1) is 11.2. The van der Waals surface area contributed by atoms with Crippen LogP contribution in [0.4, 0.5) is 5.69 Å². The summed E-state index contributed by atoms with van der Waals surface area (Å²) >= 11 is 0. The highest BCUT2D eigenvalue weighted by Crippen LogP contribution is 2.09. The standard InChI is InChI=1S/C8H9NO3.C6H12O6/c10-8(11)6-9(12)7-4-2-1-3-5-7;7-1-3(9)5(11)6(12)4(10)2-8/h1-5,12H,6H2,(H,10,11);1,3-6,8-12H,2H2/t;3-,4-,5-,6-/m.1/s1. The zero-order valence-corrected chi connectivity index (χ0v) is 12.6. The Labute approximate surface area is 137 Å². The predicted octanol–water partition coefficient (Wildman–Crippen LogP) is -2.41. The second kappa shape index (κ2) is 11.5. The van der Waals surface area contributed by atoms with Gasteiger partial charge in [0.05, 0.1) is 12.3 Å². The second-order valence-corrected chi connectivity index (χ2v) is 4.64. The summed E-state index contributed by atoms with van der Waals surface area (Å²) < 4.78 is 0. The Balaban J connectivity index is 0.000000441. The molecule has 0 bridgehead atoms. The average molecular weight is 347 g/mol. The van der Waals surface area contributed by atoms with E-state index in [1.54, 1.807) is 30.3 Å². The van der Waals surface area contributed by atoms with Crippen LogP contribution in [0.3, 0.4) is 0 Å². The summed E-state index contributed by atoms with van der Waals surface area (Å²) in [4.78, 5) is 20.1. The summed E-state index contributed by atoms with van der Waals surface area (Å²) in [5, 5.41) is 61.7. The van der Waals surface area contributed by atoms with Crippen molar-refractivity contribution in [2.75, 3.05) is 18.2 Å². The third-order valence-electron chi connectivity index (χ3n) is 2.76. The van der Waals surface area contributed by atoms with Crippen LogP contribution in [0.1, 0.15) is 0 Å². The van der Waals surface area contributed by atoms with Gasteiger partial charge in [0.15, 0.2) is 6.29 Å². The van der Waals surface area contributed by atoms with E-state index in [1.165, 1.54) is 0 Å². The van der Waals surface area contributed by atoms with Crippen molar-refractivity contribution in [3.05, 3.63) is 30.3 Å². The van der Waals surface area contributed by atoms with Crippen LogP contribution in [-0.2, 0) is 9.59 Å². The minimum atomic E-state index is -1.79. The predicted molar refractivity (Wildman–Crippen MR) is 80.4 cm³/mol. The van der Waals surface area contributed by atoms with Gasteiger partial charge in [-0.3, -0.25) is 10.0 Å². The van der Waals surface area contributed by atoms with Crippen molar-refractivity contribution in [3.8, 4) is 0 Å². The smallest absolute Gasteiger partial charge is 0.325 e. The molecule has 0 aromatic heterocycles. The van der Waals surface area contributed by atoms with Crippen molar-refractivity contribution >= 4 is 17.9 Å². The molecule has 136 valence electrons. The number of nitrogens with zero attached hydrogens (tertiary/aromatic N) is 1. The third-order valence-corrected chi connectivity index (χ3v) is 2.76. The molecule has 0 spiro atoms. The molecule has 0 heterocycles. The van der Waals surface area contributed by atoms with Crippen molar-refractivity contribution in [3.63, 3.8) is 0 Å². The summed E-state index contributed by atoms with van der Waals surface area (Å²) in [5.74, 6) is -1.07. The van der Waals surface area contributed by atoms with Gasteiger partial charge in [-0.2, -0.15) is 0 Å². The fourth-order valence-corrected chi connectivity index (χ4v) is 1.44. The van der Waals surface area contributed by atoms with E-state index in [4.69, 9.17) is 35.8 Å². The van der Waals surface area contributed by atoms with Gasteiger partial charge in [-0.15, -0.1) is 0 Å². The molecule has 0 aliphatic carbocycles. The highest BCUT2D eigenvalue weighted by Gasteiger charge is 2.29. The molecule has 10 heteroatoms. The maximum absolute atomic E-state index is 10.2. The number of carbonyl (C=O) groups excluding carboxylic acids is 1. The summed E-state index contributed by atoms with van der Waals surface area (Å²) in [6.45, 7) is -1.17. The first-order valence-corrected chi connectivity index (χ1v) is 6.76. The fourth-order valence-electron chi connectivity index (χ4n) is 1.44. The number of carboxylic acids is 1. The Kier molecular flexibility index (Phi) is 10.5. The van der Waals surface area contributed by atoms with E-state index in [0.717, 1.165) is 0 Å². The van der Waals surface area contributed by atoms with Crippen LogP contribution < -0.4 is 5.06 Å². The topological polar surface area (TPSA) is 179 Å². The number of aliphatic hydroxyl groups is 5. The first-order valence-electron chi connectivity index (χ1n) is 6.76. The van der Waals surface area contributed by atoms with E-state index >= 15 is 0 Å². The Morgan fingerprint density at radius 1 is 1.08 bits per heavy atom. The van der Waals surface area contributed by atoms with Crippen LogP contribution in [0, 0.1) is 0 Å². The Bertz CT molecular complexity index is 484. The van der Waals surface area contributed by atoms with Gasteiger partial charge in [0.1, 0.15) is 31.0 Å². The average Bonchev–Trinajstić information content (AvgIpc) is 2.59. The molecule has 1 aromatic carbocycles. The van der Waals surface area contributed by atoms with Gasteiger partial charge in [-0.25, -0.2) is 5.06 Å². The lowest BCUT2D eigenvalue weighted by Gasteiger charge is -2.22. The minimum absolute atomic E-state index is 0.0258. The molecule has 1 rings (SSSR count).